The smallest absolute Gasteiger partial charge is 0.258 e. The largest absolute Gasteiger partial charge is 0.369 e. The lowest BCUT2D eigenvalue weighted by molar-refractivity contribution is 0.102. The minimum Gasteiger partial charge on any atom is -0.369 e. The van der Waals surface area contributed by atoms with Gasteiger partial charge < -0.3 is 20.9 Å². The summed E-state index contributed by atoms with van der Waals surface area (Å²) in [5.74, 6) is -0.920. The Kier molecular flexibility index (Phi) is 5.92. The van der Waals surface area contributed by atoms with E-state index >= 15 is 0 Å². The maximum atomic E-state index is 14.6. The number of halogens is 1. The van der Waals surface area contributed by atoms with Gasteiger partial charge in [0.1, 0.15) is 5.82 Å². The molecule has 4 rings (SSSR count). The molecule has 5 nitrogen and oxygen atoms in total. The van der Waals surface area contributed by atoms with E-state index in [2.05, 4.69) is 26.9 Å². The SMILES string of the molecule is Cc1cc(NC(=O)c2ccc(C3=CCNCC3)cc2F)ccc1N1CCNCC1. The second-order valence-electron chi connectivity index (χ2n) is 7.57. The number of hydrogen-bond donors (Lipinski definition) is 3. The Morgan fingerprint density at radius 3 is 2.59 bits per heavy atom. The number of anilines is 2. The fraction of sp³-hybridized carbons (Fsp3) is 0.348. The number of hydrogen-bond acceptors (Lipinski definition) is 4. The Balaban J connectivity index is 1.47. The number of carbonyl (C=O) groups is 1. The summed E-state index contributed by atoms with van der Waals surface area (Å²) in [7, 11) is 0. The van der Waals surface area contributed by atoms with Crippen molar-refractivity contribution in [2.75, 3.05) is 49.5 Å². The van der Waals surface area contributed by atoms with E-state index in [1.165, 1.54) is 11.8 Å². The van der Waals surface area contributed by atoms with Crippen molar-refractivity contribution in [2.45, 2.75) is 13.3 Å². The highest BCUT2D eigenvalue weighted by atomic mass is 19.1. The van der Waals surface area contributed by atoms with Crippen LogP contribution in [-0.4, -0.2) is 45.2 Å². The van der Waals surface area contributed by atoms with Gasteiger partial charge in [-0.05, 0) is 66.9 Å². The number of nitrogens with one attached hydrogen (secondary N) is 3. The molecule has 6 heteroatoms. The minimum absolute atomic E-state index is 0.0621. The van der Waals surface area contributed by atoms with Crippen molar-refractivity contribution in [3.8, 4) is 0 Å². The molecule has 0 radical (unpaired) electrons. The van der Waals surface area contributed by atoms with Gasteiger partial charge in [-0.1, -0.05) is 12.1 Å². The number of piperazine rings is 1. The first-order chi connectivity index (χ1) is 14.1. The highest BCUT2D eigenvalue weighted by Gasteiger charge is 2.16. The van der Waals surface area contributed by atoms with Crippen LogP contribution in [0.2, 0.25) is 0 Å². The Bertz CT molecular complexity index is 934. The van der Waals surface area contributed by atoms with Crippen LogP contribution < -0.4 is 20.9 Å². The molecule has 1 saturated heterocycles. The Morgan fingerprint density at radius 2 is 1.90 bits per heavy atom. The molecule has 3 N–H and O–H groups in total. The third kappa shape index (κ3) is 4.49. The van der Waals surface area contributed by atoms with Crippen LogP contribution in [0.5, 0.6) is 0 Å². The van der Waals surface area contributed by atoms with Gasteiger partial charge in [0.2, 0.25) is 0 Å². The molecule has 2 aliphatic rings. The summed E-state index contributed by atoms with van der Waals surface area (Å²) in [5.41, 5.74) is 4.97. The zero-order valence-corrected chi connectivity index (χ0v) is 16.7. The number of carbonyl (C=O) groups excluding carboxylic acids is 1. The molecule has 0 bridgehead atoms. The van der Waals surface area contributed by atoms with Gasteiger partial charge in [-0.25, -0.2) is 4.39 Å². The molecule has 0 atom stereocenters. The van der Waals surface area contributed by atoms with E-state index in [4.69, 9.17) is 0 Å². The van der Waals surface area contributed by atoms with Crippen molar-refractivity contribution in [1.82, 2.24) is 10.6 Å². The van der Waals surface area contributed by atoms with Crippen LogP contribution in [-0.2, 0) is 0 Å². The van der Waals surface area contributed by atoms with Crippen LogP contribution in [0.4, 0.5) is 15.8 Å². The van der Waals surface area contributed by atoms with Crippen LogP contribution >= 0.6 is 0 Å². The number of aryl methyl sites for hydroxylation is 1. The van der Waals surface area contributed by atoms with Crippen LogP contribution in [0.15, 0.2) is 42.5 Å². The second kappa shape index (κ2) is 8.76. The fourth-order valence-corrected chi connectivity index (χ4v) is 3.98. The molecule has 2 aromatic rings. The molecule has 0 unspecified atom stereocenters. The van der Waals surface area contributed by atoms with E-state index in [1.807, 2.05) is 31.2 Å². The molecule has 2 heterocycles. The molecule has 1 amide bonds. The van der Waals surface area contributed by atoms with E-state index in [1.54, 1.807) is 6.07 Å². The monoisotopic (exact) mass is 394 g/mol. The van der Waals surface area contributed by atoms with Gasteiger partial charge in [-0.2, -0.15) is 0 Å². The van der Waals surface area contributed by atoms with Crippen molar-refractivity contribution in [2.24, 2.45) is 0 Å². The quantitative estimate of drug-likeness (QED) is 0.746. The standard InChI is InChI=1S/C23H27FN4O/c1-16-14-19(3-5-22(16)28-12-10-26-11-13-28)27-23(29)20-4-2-18(15-21(20)24)17-6-8-25-9-7-17/h2-6,14-15,25-26H,7-13H2,1H3,(H,27,29). The van der Waals surface area contributed by atoms with Gasteiger partial charge in [0.15, 0.2) is 0 Å². The number of amides is 1. The molecule has 1 fully saturated rings. The fourth-order valence-electron chi connectivity index (χ4n) is 3.98. The van der Waals surface area contributed by atoms with Gasteiger partial charge in [-0.3, -0.25) is 4.79 Å². The lowest BCUT2D eigenvalue weighted by Gasteiger charge is -2.30. The maximum Gasteiger partial charge on any atom is 0.258 e. The summed E-state index contributed by atoms with van der Waals surface area (Å²) in [4.78, 5) is 15.0. The van der Waals surface area contributed by atoms with Gasteiger partial charge in [0.25, 0.3) is 5.91 Å². The van der Waals surface area contributed by atoms with E-state index in [0.29, 0.717) is 5.69 Å². The Hall–Kier alpha value is -2.70. The molecular weight excluding hydrogens is 367 g/mol. The summed E-state index contributed by atoms with van der Waals surface area (Å²) < 4.78 is 14.6. The maximum absolute atomic E-state index is 14.6. The molecular formula is C23H27FN4O. The minimum atomic E-state index is -0.492. The molecule has 2 aliphatic heterocycles. The zero-order chi connectivity index (χ0) is 20.2. The zero-order valence-electron chi connectivity index (χ0n) is 16.7. The van der Waals surface area contributed by atoms with Crippen molar-refractivity contribution in [1.29, 1.82) is 0 Å². The molecule has 0 aromatic heterocycles. The molecule has 0 spiro atoms. The van der Waals surface area contributed by atoms with Crippen LogP contribution in [0.1, 0.15) is 27.9 Å². The van der Waals surface area contributed by atoms with E-state index < -0.39 is 11.7 Å². The average Bonchev–Trinajstić information content (AvgIpc) is 2.75. The normalized spacial score (nSPS) is 17.0. The van der Waals surface area contributed by atoms with Gasteiger partial charge >= 0.3 is 0 Å². The molecule has 2 aromatic carbocycles. The molecule has 152 valence electrons. The second-order valence-corrected chi connectivity index (χ2v) is 7.57. The average molecular weight is 394 g/mol. The predicted octanol–water partition coefficient (Wildman–Crippen LogP) is 3.17. The lowest BCUT2D eigenvalue weighted by Crippen LogP contribution is -2.43. The topological polar surface area (TPSA) is 56.4 Å². The highest BCUT2D eigenvalue weighted by Crippen LogP contribution is 2.26. The first kappa shape index (κ1) is 19.6. The summed E-state index contributed by atoms with van der Waals surface area (Å²) in [5, 5.41) is 9.43. The van der Waals surface area contributed by atoms with Gasteiger partial charge in [-0.15, -0.1) is 0 Å². The predicted molar refractivity (Wildman–Crippen MR) is 116 cm³/mol. The summed E-state index contributed by atoms with van der Waals surface area (Å²) in [6, 6.07) is 10.7. The van der Waals surface area contributed by atoms with Gasteiger partial charge in [0, 0.05) is 44.1 Å². The highest BCUT2D eigenvalue weighted by molar-refractivity contribution is 6.04. The van der Waals surface area contributed by atoms with E-state index in [0.717, 1.165) is 62.4 Å². The van der Waals surface area contributed by atoms with Crippen molar-refractivity contribution in [3.63, 3.8) is 0 Å². The van der Waals surface area contributed by atoms with E-state index in [-0.39, 0.29) is 5.56 Å². The Morgan fingerprint density at radius 1 is 1.07 bits per heavy atom. The van der Waals surface area contributed by atoms with Crippen molar-refractivity contribution in [3.05, 3.63) is 65.0 Å². The first-order valence-corrected chi connectivity index (χ1v) is 10.2. The van der Waals surface area contributed by atoms with Crippen LogP contribution in [0.25, 0.3) is 5.57 Å². The van der Waals surface area contributed by atoms with Gasteiger partial charge in [0.05, 0.1) is 5.56 Å². The summed E-state index contributed by atoms with van der Waals surface area (Å²) in [6.07, 6.45) is 2.93. The first-order valence-electron chi connectivity index (χ1n) is 10.2. The summed E-state index contributed by atoms with van der Waals surface area (Å²) >= 11 is 0. The lowest BCUT2D eigenvalue weighted by atomic mass is 9.98. The molecule has 29 heavy (non-hydrogen) atoms. The Labute approximate surface area is 171 Å². The number of benzene rings is 2. The third-order valence-electron chi connectivity index (χ3n) is 5.56. The number of nitrogens with zero attached hydrogens (tertiary/aromatic N) is 1. The van der Waals surface area contributed by atoms with Crippen molar-refractivity contribution < 1.29 is 9.18 Å². The molecule has 0 aliphatic carbocycles. The van der Waals surface area contributed by atoms with Crippen LogP contribution in [0.3, 0.4) is 0 Å². The van der Waals surface area contributed by atoms with Crippen molar-refractivity contribution >= 4 is 22.9 Å². The number of rotatable bonds is 4. The molecule has 0 saturated carbocycles. The third-order valence-corrected chi connectivity index (χ3v) is 5.56. The van der Waals surface area contributed by atoms with E-state index in [9.17, 15) is 9.18 Å². The van der Waals surface area contributed by atoms with Crippen LogP contribution in [0, 0.1) is 12.7 Å². The summed E-state index contributed by atoms with van der Waals surface area (Å²) in [6.45, 7) is 7.60.